The van der Waals surface area contributed by atoms with E-state index in [-0.39, 0.29) is 6.04 Å². The first-order valence-electron chi connectivity index (χ1n) is 7.05. The fourth-order valence-corrected chi connectivity index (χ4v) is 2.26. The topological polar surface area (TPSA) is 60.6 Å². The zero-order valence-electron chi connectivity index (χ0n) is 13.0. The lowest BCUT2D eigenvalue weighted by Gasteiger charge is -2.32. The van der Waals surface area contributed by atoms with Crippen molar-refractivity contribution >= 4 is 0 Å². The van der Waals surface area contributed by atoms with Crippen LogP contribution in [-0.2, 0) is 4.74 Å². The van der Waals surface area contributed by atoms with Crippen LogP contribution in [0.15, 0.2) is 18.3 Å². The third-order valence-electron chi connectivity index (χ3n) is 3.20. The molecule has 0 saturated carbocycles. The molecule has 0 spiro atoms. The standard InChI is InChI=1S/C15H27N3O2/c1-12(2)11-18(7-8-19-3)14(9-16)13-5-6-15(20-4)17-10-13/h5-6,10,12,14H,7-9,11,16H2,1-4H3. The van der Waals surface area contributed by atoms with Crippen LogP contribution in [0.4, 0.5) is 0 Å². The van der Waals surface area contributed by atoms with E-state index in [1.165, 1.54) is 0 Å². The maximum Gasteiger partial charge on any atom is 0.212 e. The van der Waals surface area contributed by atoms with Crippen LogP contribution < -0.4 is 10.5 Å². The molecule has 1 aromatic rings. The molecule has 0 amide bonds. The fourth-order valence-electron chi connectivity index (χ4n) is 2.26. The minimum Gasteiger partial charge on any atom is -0.481 e. The summed E-state index contributed by atoms with van der Waals surface area (Å²) in [6.07, 6.45) is 1.84. The summed E-state index contributed by atoms with van der Waals surface area (Å²) in [5, 5.41) is 0. The monoisotopic (exact) mass is 281 g/mol. The Morgan fingerprint density at radius 2 is 2.05 bits per heavy atom. The molecule has 0 aromatic carbocycles. The molecule has 5 nitrogen and oxygen atoms in total. The molecule has 2 N–H and O–H groups in total. The first kappa shape index (κ1) is 16.9. The number of nitrogens with two attached hydrogens (primary N) is 1. The number of ether oxygens (including phenoxy) is 2. The van der Waals surface area contributed by atoms with E-state index in [1.54, 1.807) is 14.2 Å². The van der Waals surface area contributed by atoms with Crippen molar-refractivity contribution in [3.8, 4) is 5.88 Å². The Kier molecular flexibility index (Phi) is 7.51. The molecular formula is C15H27N3O2. The van der Waals surface area contributed by atoms with Gasteiger partial charge in [-0.05, 0) is 11.5 Å². The van der Waals surface area contributed by atoms with Crippen LogP contribution in [0.1, 0.15) is 25.5 Å². The van der Waals surface area contributed by atoms with Crippen molar-refractivity contribution in [2.45, 2.75) is 19.9 Å². The SMILES string of the molecule is COCCN(CC(C)C)C(CN)c1ccc(OC)nc1. The molecule has 1 aromatic heterocycles. The van der Waals surface area contributed by atoms with Crippen molar-refractivity contribution in [3.05, 3.63) is 23.9 Å². The Morgan fingerprint density at radius 1 is 1.30 bits per heavy atom. The van der Waals surface area contributed by atoms with E-state index in [0.717, 1.165) is 18.7 Å². The highest BCUT2D eigenvalue weighted by atomic mass is 16.5. The predicted octanol–water partition coefficient (Wildman–Crippen LogP) is 1.69. The molecule has 0 fully saturated rings. The van der Waals surface area contributed by atoms with Crippen molar-refractivity contribution in [3.63, 3.8) is 0 Å². The summed E-state index contributed by atoms with van der Waals surface area (Å²) in [4.78, 5) is 6.63. The summed E-state index contributed by atoms with van der Waals surface area (Å²) >= 11 is 0. The number of hydrogen-bond acceptors (Lipinski definition) is 5. The lowest BCUT2D eigenvalue weighted by atomic mass is 10.1. The Morgan fingerprint density at radius 3 is 2.50 bits per heavy atom. The molecule has 0 aliphatic rings. The van der Waals surface area contributed by atoms with E-state index < -0.39 is 0 Å². The minimum absolute atomic E-state index is 0.158. The van der Waals surface area contributed by atoms with Gasteiger partial charge in [0.1, 0.15) is 0 Å². The maximum absolute atomic E-state index is 5.98. The number of aromatic nitrogens is 1. The number of pyridine rings is 1. The molecule has 0 saturated heterocycles. The average Bonchev–Trinajstić information content (AvgIpc) is 2.45. The van der Waals surface area contributed by atoms with Crippen molar-refractivity contribution in [1.29, 1.82) is 0 Å². The Balaban J connectivity index is 2.85. The van der Waals surface area contributed by atoms with Crippen molar-refractivity contribution in [2.75, 3.05) is 40.5 Å². The Hall–Kier alpha value is -1.17. The van der Waals surface area contributed by atoms with Crippen molar-refractivity contribution < 1.29 is 9.47 Å². The number of nitrogens with zero attached hydrogens (tertiary/aromatic N) is 2. The number of rotatable bonds is 9. The van der Waals surface area contributed by atoms with E-state index in [9.17, 15) is 0 Å². The summed E-state index contributed by atoms with van der Waals surface area (Å²) in [6.45, 7) is 7.52. The van der Waals surface area contributed by atoms with Crippen LogP contribution in [0.25, 0.3) is 0 Å². The normalized spacial score (nSPS) is 12.9. The summed E-state index contributed by atoms with van der Waals surface area (Å²) in [6, 6.07) is 4.07. The zero-order chi connectivity index (χ0) is 15.0. The minimum atomic E-state index is 0.158. The summed E-state index contributed by atoms with van der Waals surface area (Å²) in [5.74, 6) is 1.20. The van der Waals surface area contributed by atoms with Crippen LogP contribution in [0.5, 0.6) is 5.88 Å². The van der Waals surface area contributed by atoms with Gasteiger partial charge in [-0.25, -0.2) is 4.98 Å². The van der Waals surface area contributed by atoms with Crippen LogP contribution in [0.3, 0.4) is 0 Å². The average molecular weight is 281 g/mol. The van der Waals surface area contributed by atoms with Crippen molar-refractivity contribution in [2.24, 2.45) is 11.7 Å². The van der Waals surface area contributed by atoms with Gasteiger partial charge in [0.05, 0.1) is 13.7 Å². The largest absolute Gasteiger partial charge is 0.481 e. The third-order valence-corrected chi connectivity index (χ3v) is 3.20. The van der Waals surface area contributed by atoms with Crippen LogP contribution in [0, 0.1) is 5.92 Å². The van der Waals surface area contributed by atoms with Gasteiger partial charge in [0.15, 0.2) is 0 Å². The van der Waals surface area contributed by atoms with Gasteiger partial charge in [-0.15, -0.1) is 0 Å². The van der Waals surface area contributed by atoms with Gasteiger partial charge in [0.25, 0.3) is 0 Å². The van der Waals surface area contributed by atoms with Gasteiger partial charge >= 0.3 is 0 Å². The van der Waals surface area contributed by atoms with E-state index in [0.29, 0.717) is 24.9 Å². The Bertz CT molecular complexity index is 368. The molecule has 0 radical (unpaired) electrons. The number of hydrogen-bond donors (Lipinski definition) is 1. The second-order valence-corrected chi connectivity index (χ2v) is 5.27. The maximum atomic E-state index is 5.98. The zero-order valence-corrected chi connectivity index (χ0v) is 13.0. The predicted molar refractivity (Wildman–Crippen MR) is 80.9 cm³/mol. The summed E-state index contributed by atoms with van der Waals surface area (Å²) in [5.41, 5.74) is 7.10. The molecule has 1 unspecified atom stereocenters. The third kappa shape index (κ3) is 5.07. The lowest BCUT2D eigenvalue weighted by Crippen LogP contribution is -2.38. The number of methoxy groups -OCH3 is 2. The van der Waals surface area contributed by atoms with Gasteiger partial charge in [0.2, 0.25) is 5.88 Å². The highest BCUT2D eigenvalue weighted by Gasteiger charge is 2.20. The summed E-state index contributed by atoms with van der Waals surface area (Å²) < 4.78 is 10.3. The molecule has 5 heteroatoms. The quantitative estimate of drug-likeness (QED) is 0.746. The molecule has 0 aliphatic heterocycles. The van der Waals surface area contributed by atoms with Crippen LogP contribution in [0.2, 0.25) is 0 Å². The fraction of sp³-hybridized carbons (Fsp3) is 0.667. The van der Waals surface area contributed by atoms with Gasteiger partial charge < -0.3 is 15.2 Å². The summed E-state index contributed by atoms with van der Waals surface area (Å²) in [7, 11) is 3.34. The molecule has 1 rings (SSSR count). The van der Waals surface area contributed by atoms with Gasteiger partial charge in [-0.1, -0.05) is 19.9 Å². The lowest BCUT2D eigenvalue weighted by molar-refractivity contribution is 0.111. The molecule has 20 heavy (non-hydrogen) atoms. The van der Waals surface area contributed by atoms with Gasteiger partial charge in [-0.2, -0.15) is 0 Å². The highest BCUT2D eigenvalue weighted by Crippen LogP contribution is 2.21. The van der Waals surface area contributed by atoms with E-state index in [2.05, 4.69) is 23.7 Å². The van der Waals surface area contributed by atoms with E-state index in [4.69, 9.17) is 15.2 Å². The van der Waals surface area contributed by atoms with Crippen molar-refractivity contribution in [1.82, 2.24) is 9.88 Å². The molecule has 114 valence electrons. The Labute approximate surface area is 122 Å². The second kappa shape index (κ2) is 8.89. The van der Waals surface area contributed by atoms with E-state index in [1.807, 2.05) is 18.3 Å². The first-order chi connectivity index (χ1) is 9.62. The highest BCUT2D eigenvalue weighted by molar-refractivity contribution is 5.21. The molecule has 1 atom stereocenters. The second-order valence-electron chi connectivity index (χ2n) is 5.27. The van der Waals surface area contributed by atoms with Crippen LogP contribution in [-0.4, -0.2) is 50.3 Å². The molecule has 0 aliphatic carbocycles. The van der Waals surface area contributed by atoms with Gasteiger partial charge in [0, 0.05) is 45.0 Å². The van der Waals surface area contributed by atoms with Crippen LogP contribution >= 0.6 is 0 Å². The van der Waals surface area contributed by atoms with E-state index >= 15 is 0 Å². The first-order valence-corrected chi connectivity index (χ1v) is 7.05. The molecule has 0 bridgehead atoms. The smallest absolute Gasteiger partial charge is 0.212 e. The molecular weight excluding hydrogens is 254 g/mol. The van der Waals surface area contributed by atoms with Gasteiger partial charge in [-0.3, -0.25) is 4.90 Å². The molecule has 1 heterocycles.